The van der Waals surface area contributed by atoms with Crippen molar-refractivity contribution in [2.24, 2.45) is 0 Å². The van der Waals surface area contributed by atoms with E-state index < -0.39 is 17.2 Å². The Hall–Kier alpha value is -3.13. The van der Waals surface area contributed by atoms with Gasteiger partial charge in [-0.25, -0.2) is 4.68 Å². The molecule has 1 fully saturated rings. The summed E-state index contributed by atoms with van der Waals surface area (Å²) in [6.45, 7) is 1.18. The maximum absolute atomic E-state index is 13.2. The second-order valence-electron chi connectivity index (χ2n) is 8.38. The minimum absolute atomic E-state index is 0.139. The first-order valence-corrected chi connectivity index (χ1v) is 11.0. The number of carbonyl (C=O) groups excluding carboxylic acids is 1. The predicted octanol–water partition coefficient (Wildman–Crippen LogP) is 4.69. The number of halogens is 3. The second kappa shape index (κ2) is 9.79. The number of hydrogen-bond donors (Lipinski definition) is 1. The zero-order chi connectivity index (χ0) is 23.3. The Morgan fingerprint density at radius 3 is 2.58 bits per heavy atom. The summed E-state index contributed by atoms with van der Waals surface area (Å²) in [6.07, 6.45) is 1.13. The fraction of sp³-hybridized carbons (Fsp3) is 0.360. The van der Waals surface area contributed by atoms with Gasteiger partial charge in [-0.15, -0.1) is 0 Å². The smallest absolute Gasteiger partial charge is 0.381 e. The molecule has 2 aromatic carbocycles. The van der Waals surface area contributed by atoms with Crippen molar-refractivity contribution < 1.29 is 22.7 Å². The monoisotopic (exact) mass is 457 g/mol. The maximum Gasteiger partial charge on any atom is 0.416 e. The van der Waals surface area contributed by atoms with E-state index in [9.17, 15) is 18.0 Å². The molecule has 0 spiro atoms. The van der Waals surface area contributed by atoms with E-state index in [0.717, 1.165) is 17.3 Å². The van der Waals surface area contributed by atoms with Gasteiger partial charge in [-0.2, -0.15) is 18.3 Å². The number of amides is 1. The summed E-state index contributed by atoms with van der Waals surface area (Å²) in [6, 6.07) is 15.1. The molecule has 33 heavy (non-hydrogen) atoms. The van der Waals surface area contributed by atoms with Crippen LogP contribution < -0.4 is 5.32 Å². The van der Waals surface area contributed by atoms with Gasteiger partial charge in [-0.1, -0.05) is 36.4 Å². The number of aromatic nitrogens is 2. The Kier molecular flexibility index (Phi) is 6.83. The number of alkyl halides is 3. The van der Waals surface area contributed by atoms with Crippen molar-refractivity contribution in [1.29, 1.82) is 0 Å². The molecule has 0 atom stereocenters. The molecule has 0 bridgehead atoms. The number of hydrogen-bond acceptors (Lipinski definition) is 3. The van der Waals surface area contributed by atoms with Crippen molar-refractivity contribution >= 4 is 5.91 Å². The highest BCUT2D eigenvalue weighted by atomic mass is 19.4. The SMILES string of the molecule is O=C(CCc1cnn(-c2ccccc2)c1)NCC1(c2cccc(C(F)(F)F)c2)CCOCC1. The molecule has 1 saturated heterocycles. The maximum atomic E-state index is 13.2. The number of nitrogens with one attached hydrogen (secondary N) is 1. The molecule has 2 heterocycles. The van der Waals surface area contributed by atoms with E-state index in [2.05, 4.69) is 10.4 Å². The van der Waals surface area contributed by atoms with E-state index in [0.29, 0.717) is 38.0 Å². The predicted molar refractivity (Wildman–Crippen MR) is 118 cm³/mol. The first kappa shape index (κ1) is 23.0. The lowest BCUT2D eigenvalue weighted by Gasteiger charge is -2.38. The topological polar surface area (TPSA) is 56.2 Å². The summed E-state index contributed by atoms with van der Waals surface area (Å²) >= 11 is 0. The van der Waals surface area contributed by atoms with Crippen molar-refractivity contribution in [2.75, 3.05) is 19.8 Å². The van der Waals surface area contributed by atoms with Gasteiger partial charge >= 0.3 is 6.18 Å². The molecular formula is C25H26F3N3O2. The summed E-state index contributed by atoms with van der Waals surface area (Å²) in [5, 5.41) is 7.30. The normalized spacial score (nSPS) is 15.8. The lowest BCUT2D eigenvalue weighted by atomic mass is 9.73. The van der Waals surface area contributed by atoms with Crippen molar-refractivity contribution in [2.45, 2.75) is 37.3 Å². The largest absolute Gasteiger partial charge is 0.416 e. The quantitative estimate of drug-likeness (QED) is 0.560. The fourth-order valence-corrected chi connectivity index (χ4v) is 4.18. The van der Waals surface area contributed by atoms with Crippen molar-refractivity contribution in [3.8, 4) is 5.69 Å². The number of carbonyl (C=O) groups is 1. The molecule has 1 aliphatic heterocycles. The fourth-order valence-electron chi connectivity index (χ4n) is 4.18. The highest BCUT2D eigenvalue weighted by molar-refractivity contribution is 5.76. The van der Waals surface area contributed by atoms with Crippen LogP contribution >= 0.6 is 0 Å². The molecule has 1 N–H and O–H groups in total. The van der Waals surface area contributed by atoms with Gasteiger partial charge in [0.15, 0.2) is 0 Å². The Bertz CT molecular complexity index is 1070. The molecule has 1 aromatic heterocycles. The Morgan fingerprint density at radius 1 is 1.09 bits per heavy atom. The molecular weight excluding hydrogens is 431 g/mol. The number of benzene rings is 2. The Balaban J connectivity index is 1.39. The molecule has 0 unspecified atom stereocenters. The van der Waals surface area contributed by atoms with Gasteiger partial charge in [0.05, 0.1) is 17.4 Å². The van der Waals surface area contributed by atoms with Gasteiger partial charge in [-0.05, 0) is 48.6 Å². The Morgan fingerprint density at radius 2 is 1.85 bits per heavy atom. The van der Waals surface area contributed by atoms with Crippen LogP contribution in [0.25, 0.3) is 5.69 Å². The minimum atomic E-state index is -4.41. The summed E-state index contributed by atoms with van der Waals surface area (Å²) in [5.41, 5.74) is 1.22. The van der Waals surface area contributed by atoms with Gasteiger partial charge in [-0.3, -0.25) is 4.79 Å². The van der Waals surface area contributed by atoms with E-state index in [-0.39, 0.29) is 18.9 Å². The Labute approximate surface area is 190 Å². The van der Waals surface area contributed by atoms with E-state index in [4.69, 9.17) is 4.74 Å². The number of aryl methyl sites for hydroxylation is 1. The zero-order valence-corrected chi connectivity index (χ0v) is 18.1. The minimum Gasteiger partial charge on any atom is -0.381 e. The third kappa shape index (κ3) is 5.63. The number of nitrogens with zero attached hydrogens (tertiary/aromatic N) is 2. The molecule has 1 aliphatic rings. The van der Waals surface area contributed by atoms with Crippen LogP contribution in [-0.4, -0.2) is 35.4 Å². The average Bonchev–Trinajstić information content (AvgIpc) is 3.31. The second-order valence-corrected chi connectivity index (χ2v) is 8.38. The molecule has 1 amide bonds. The lowest BCUT2D eigenvalue weighted by Crippen LogP contribution is -2.44. The number of ether oxygens (including phenoxy) is 1. The molecule has 0 aliphatic carbocycles. The van der Waals surface area contributed by atoms with Crippen LogP contribution in [0.2, 0.25) is 0 Å². The van der Waals surface area contributed by atoms with Gasteiger partial charge < -0.3 is 10.1 Å². The molecule has 0 radical (unpaired) electrons. The van der Waals surface area contributed by atoms with Crippen molar-refractivity contribution in [3.63, 3.8) is 0 Å². The van der Waals surface area contributed by atoms with Crippen LogP contribution in [0, 0.1) is 0 Å². The van der Waals surface area contributed by atoms with Crippen LogP contribution in [0.15, 0.2) is 67.0 Å². The molecule has 4 rings (SSSR count). The van der Waals surface area contributed by atoms with E-state index in [1.807, 2.05) is 36.5 Å². The highest BCUT2D eigenvalue weighted by Crippen LogP contribution is 2.37. The standard InChI is InChI=1S/C25H26F3N3O2/c26-25(27,28)21-6-4-5-20(15-21)24(11-13-33-14-12-24)18-29-23(32)10-9-19-16-30-31(17-19)22-7-2-1-3-8-22/h1-8,15-17H,9-14,18H2,(H,29,32). The van der Waals surface area contributed by atoms with Crippen LogP contribution in [-0.2, 0) is 27.5 Å². The molecule has 5 nitrogen and oxygen atoms in total. The first-order valence-electron chi connectivity index (χ1n) is 11.0. The molecule has 8 heteroatoms. The molecule has 174 valence electrons. The van der Waals surface area contributed by atoms with E-state index >= 15 is 0 Å². The van der Waals surface area contributed by atoms with Gasteiger partial charge in [0.2, 0.25) is 5.91 Å². The highest BCUT2D eigenvalue weighted by Gasteiger charge is 2.37. The van der Waals surface area contributed by atoms with Crippen molar-refractivity contribution in [1.82, 2.24) is 15.1 Å². The molecule has 3 aromatic rings. The van der Waals surface area contributed by atoms with Gasteiger partial charge in [0.1, 0.15) is 0 Å². The van der Waals surface area contributed by atoms with Crippen LogP contribution in [0.4, 0.5) is 13.2 Å². The van der Waals surface area contributed by atoms with Crippen LogP contribution in [0.5, 0.6) is 0 Å². The summed E-state index contributed by atoms with van der Waals surface area (Å²) in [7, 11) is 0. The van der Waals surface area contributed by atoms with Crippen LogP contribution in [0.1, 0.15) is 36.0 Å². The summed E-state index contributed by atoms with van der Waals surface area (Å²) in [4.78, 5) is 12.6. The molecule has 0 saturated carbocycles. The summed E-state index contributed by atoms with van der Waals surface area (Å²) < 4.78 is 46.9. The van der Waals surface area contributed by atoms with Crippen molar-refractivity contribution in [3.05, 3.63) is 83.7 Å². The zero-order valence-electron chi connectivity index (χ0n) is 18.1. The van der Waals surface area contributed by atoms with E-state index in [1.165, 1.54) is 12.1 Å². The lowest BCUT2D eigenvalue weighted by molar-refractivity contribution is -0.137. The first-order chi connectivity index (χ1) is 15.9. The number of para-hydroxylation sites is 1. The summed E-state index contributed by atoms with van der Waals surface area (Å²) in [5.74, 6) is -0.139. The average molecular weight is 457 g/mol. The van der Waals surface area contributed by atoms with E-state index in [1.54, 1.807) is 16.9 Å². The third-order valence-electron chi connectivity index (χ3n) is 6.17. The number of rotatable bonds is 7. The van der Waals surface area contributed by atoms with Gasteiger partial charge in [0, 0.05) is 37.8 Å². The van der Waals surface area contributed by atoms with Crippen LogP contribution in [0.3, 0.4) is 0 Å². The third-order valence-corrected chi connectivity index (χ3v) is 6.17. The van der Waals surface area contributed by atoms with Gasteiger partial charge in [0.25, 0.3) is 0 Å².